The molecule has 0 unspecified atom stereocenters. The Bertz CT molecular complexity index is 1140. The van der Waals surface area contributed by atoms with Gasteiger partial charge in [0.2, 0.25) is 15.9 Å². The maximum absolute atomic E-state index is 13.2. The van der Waals surface area contributed by atoms with Gasteiger partial charge in [0.05, 0.1) is 23.8 Å². The number of likely N-dealkylation sites (tertiary alicyclic amines) is 1. The van der Waals surface area contributed by atoms with E-state index < -0.39 is 10.0 Å². The van der Waals surface area contributed by atoms with E-state index in [2.05, 4.69) is 4.90 Å². The molecule has 1 atom stereocenters. The molecule has 3 aliphatic rings. The fourth-order valence-corrected chi connectivity index (χ4v) is 6.50. The average molecular weight is 460 g/mol. The fourth-order valence-electron chi connectivity index (χ4n) is 5.04. The van der Waals surface area contributed by atoms with Crippen LogP contribution in [-0.2, 0) is 19.6 Å². The summed E-state index contributed by atoms with van der Waals surface area (Å²) in [5, 5.41) is 0.771. The van der Waals surface area contributed by atoms with Crippen LogP contribution in [0.25, 0.3) is 11.0 Å². The standard InChI is InChI=1S/C23H29N3O5S/c1-2-30-11-9-24-8-3-4-21(24)23(27)25-13-18-15-26(16-19(18)14-25)32(28,29)20-5-6-22-17(12-20)7-10-31-22/h5-7,10,12,21H,2-4,8-9,11,13-16H2,1H3/t21-/m0/s1. The van der Waals surface area contributed by atoms with Crippen molar-refractivity contribution in [2.75, 3.05) is 52.5 Å². The van der Waals surface area contributed by atoms with Gasteiger partial charge in [0, 0.05) is 44.7 Å². The largest absolute Gasteiger partial charge is 0.464 e. The van der Waals surface area contributed by atoms with Gasteiger partial charge >= 0.3 is 0 Å². The first-order chi connectivity index (χ1) is 15.5. The first-order valence-electron chi connectivity index (χ1n) is 11.2. The first-order valence-corrected chi connectivity index (χ1v) is 12.7. The minimum atomic E-state index is -3.60. The Morgan fingerprint density at radius 3 is 2.69 bits per heavy atom. The van der Waals surface area contributed by atoms with Crippen LogP contribution >= 0.6 is 0 Å². The number of carbonyl (C=O) groups is 1. The number of fused-ring (bicyclic) bond motifs is 1. The number of sulfonamides is 1. The zero-order valence-electron chi connectivity index (χ0n) is 18.3. The lowest BCUT2D eigenvalue weighted by atomic mass is 10.2. The Kier molecular flexibility index (Phi) is 5.83. The zero-order chi connectivity index (χ0) is 22.3. The van der Waals surface area contributed by atoms with Crippen molar-refractivity contribution in [1.82, 2.24) is 14.1 Å². The number of hydrogen-bond acceptors (Lipinski definition) is 6. The average Bonchev–Trinajstić information content (AvgIpc) is 3.55. The highest BCUT2D eigenvalue weighted by Gasteiger charge is 2.40. The fraction of sp³-hybridized carbons (Fsp3) is 0.522. The van der Waals surface area contributed by atoms with Crippen molar-refractivity contribution < 1.29 is 22.4 Å². The minimum Gasteiger partial charge on any atom is -0.464 e. The van der Waals surface area contributed by atoms with Crippen LogP contribution in [0.15, 0.2) is 51.0 Å². The number of rotatable bonds is 7. The van der Waals surface area contributed by atoms with Crippen LogP contribution in [0.5, 0.6) is 0 Å². The van der Waals surface area contributed by atoms with Crippen LogP contribution in [-0.4, -0.2) is 87.0 Å². The Labute approximate surface area is 188 Å². The second kappa shape index (κ2) is 8.62. The lowest BCUT2D eigenvalue weighted by molar-refractivity contribution is -0.135. The second-order valence-corrected chi connectivity index (χ2v) is 10.6. The second-order valence-electron chi connectivity index (χ2n) is 8.69. The molecule has 1 aromatic heterocycles. The molecule has 32 heavy (non-hydrogen) atoms. The quantitative estimate of drug-likeness (QED) is 0.466. The number of furan rings is 1. The highest BCUT2D eigenvalue weighted by atomic mass is 32.2. The van der Waals surface area contributed by atoms with E-state index in [-0.39, 0.29) is 16.8 Å². The van der Waals surface area contributed by atoms with E-state index in [0.29, 0.717) is 45.0 Å². The molecule has 2 aromatic rings. The molecule has 0 N–H and O–H groups in total. The first kappa shape index (κ1) is 21.6. The van der Waals surface area contributed by atoms with E-state index in [1.54, 1.807) is 30.5 Å². The molecule has 0 spiro atoms. The molecule has 9 heteroatoms. The third-order valence-electron chi connectivity index (χ3n) is 6.75. The molecule has 172 valence electrons. The normalized spacial score (nSPS) is 22.4. The van der Waals surface area contributed by atoms with Gasteiger partial charge in [0.25, 0.3) is 0 Å². The third-order valence-corrected chi connectivity index (χ3v) is 8.53. The number of ether oxygens (including phenoxy) is 1. The third kappa shape index (κ3) is 3.87. The maximum atomic E-state index is 13.2. The Balaban J connectivity index is 1.22. The Morgan fingerprint density at radius 2 is 1.94 bits per heavy atom. The highest BCUT2D eigenvalue weighted by molar-refractivity contribution is 7.89. The minimum absolute atomic E-state index is 0.0861. The Morgan fingerprint density at radius 1 is 1.16 bits per heavy atom. The molecular formula is C23H29N3O5S. The lowest BCUT2D eigenvalue weighted by Crippen LogP contribution is -2.47. The number of amides is 1. The van der Waals surface area contributed by atoms with Gasteiger partial charge in [-0.15, -0.1) is 0 Å². The molecule has 1 saturated heterocycles. The van der Waals surface area contributed by atoms with Gasteiger partial charge in [-0.1, -0.05) is 0 Å². The van der Waals surface area contributed by atoms with E-state index in [1.807, 2.05) is 11.8 Å². The summed E-state index contributed by atoms with van der Waals surface area (Å²) in [6, 6.07) is 6.62. The van der Waals surface area contributed by atoms with Gasteiger partial charge in [-0.05, 0) is 61.7 Å². The van der Waals surface area contributed by atoms with Crippen molar-refractivity contribution in [2.24, 2.45) is 0 Å². The molecule has 4 heterocycles. The molecule has 1 fully saturated rings. The monoisotopic (exact) mass is 459 g/mol. The van der Waals surface area contributed by atoms with Crippen molar-refractivity contribution in [3.63, 3.8) is 0 Å². The Hall–Kier alpha value is -2.20. The molecule has 5 rings (SSSR count). The van der Waals surface area contributed by atoms with Gasteiger partial charge in [-0.2, -0.15) is 4.31 Å². The van der Waals surface area contributed by atoms with Crippen LogP contribution in [0.1, 0.15) is 19.8 Å². The van der Waals surface area contributed by atoms with E-state index in [1.165, 1.54) is 4.31 Å². The van der Waals surface area contributed by atoms with Crippen LogP contribution in [0.4, 0.5) is 0 Å². The number of nitrogens with zero attached hydrogens (tertiary/aromatic N) is 3. The van der Waals surface area contributed by atoms with Crippen LogP contribution in [0, 0.1) is 0 Å². The summed E-state index contributed by atoms with van der Waals surface area (Å²) >= 11 is 0. The van der Waals surface area contributed by atoms with Crippen LogP contribution in [0.3, 0.4) is 0 Å². The maximum Gasteiger partial charge on any atom is 0.243 e. The van der Waals surface area contributed by atoms with Crippen molar-refractivity contribution >= 4 is 26.9 Å². The van der Waals surface area contributed by atoms with E-state index in [4.69, 9.17) is 9.15 Å². The summed E-state index contributed by atoms with van der Waals surface area (Å²) in [4.78, 5) is 17.6. The number of benzene rings is 1. The van der Waals surface area contributed by atoms with Crippen LogP contribution < -0.4 is 0 Å². The van der Waals surface area contributed by atoms with Gasteiger partial charge in [-0.3, -0.25) is 9.69 Å². The molecule has 1 amide bonds. The van der Waals surface area contributed by atoms with Crippen molar-refractivity contribution in [3.05, 3.63) is 41.7 Å². The molecule has 0 radical (unpaired) electrons. The molecule has 0 bridgehead atoms. The summed E-state index contributed by atoms with van der Waals surface area (Å²) in [7, 11) is -3.60. The molecule has 1 aromatic carbocycles. The smallest absolute Gasteiger partial charge is 0.243 e. The van der Waals surface area contributed by atoms with Gasteiger partial charge < -0.3 is 14.1 Å². The number of carbonyl (C=O) groups excluding carboxylic acids is 1. The SMILES string of the molecule is CCOCCN1CCC[C@H]1C(=O)N1CC2=C(C1)CN(S(=O)(=O)c1ccc3occc3c1)C2. The van der Waals surface area contributed by atoms with Crippen LogP contribution in [0.2, 0.25) is 0 Å². The van der Waals surface area contributed by atoms with Gasteiger partial charge in [0.1, 0.15) is 5.58 Å². The molecule has 3 aliphatic heterocycles. The molecule has 8 nitrogen and oxygen atoms in total. The van der Waals surface area contributed by atoms with Crippen molar-refractivity contribution in [2.45, 2.75) is 30.7 Å². The summed E-state index contributed by atoms with van der Waals surface area (Å²) in [6.07, 6.45) is 3.46. The molecule has 0 saturated carbocycles. The molecule has 0 aliphatic carbocycles. The zero-order valence-corrected chi connectivity index (χ0v) is 19.1. The summed E-state index contributed by atoms with van der Waals surface area (Å²) < 4.78 is 38.7. The van der Waals surface area contributed by atoms with Crippen molar-refractivity contribution in [3.8, 4) is 0 Å². The lowest BCUT2D eigenvalue weighted by Gasteiger charge is -2.29. The predicted octanol–water partition coefficient (Wildman–Crippen LogP) is 2.08. The van der Waals surface area contributed by atoms with E-state index >= 15 is 0 Å². The van der Waals surface area contributed by atoms with E-state index in [0.717, 1.165) is 42.5 Å². The van der Waals surface area contributed by atoms with E-state index in [9.17, 15) is 13.2 Å². The van der Waals surface area contributed by atoms with Gasteiger partial charge in [0.15, 0.2) is 0 Å². The summed E-state index contributed by atoms with van der Waals surface area (Å²) in [5.74, 6) is 0.160. The highest BCUT2D eigenvalue weighted by Crippen LogP contribution is 2.32. The predicted molar refractivity (Wildman–Crippen MR) is 120 cm³/mol. The number of hydrogen-bond donors (Lipinski definition) is 0. The van der Waals surface area contributed by atoms with Crippen molar-refractivity contribution in [1.29, 1.82) is 0 Å². The summed E-state index contributed by atoms with van der Waals surface area (Å²) in [6.45, 7) is 6.76. The molecular weight excluding hydrogens is 430 g/mol. The summed E-state index contributed by atoms with van der Waals surface area (Å²) in [5.41, 5.74) is 2.79. The van der Waals surface area contributed by atoms with Gasteiger partial charge in [-0.25, -0.2) is 8.42 Å². The topological polar surface area (TPSA) is 83.3 Å².